The smallest absolute Gasteiger partial charge is 0.275 e. The van der Waals surface area contributed by atoms with Crippen molar-refractivity contribution in [3.63, 3.8) is 0 Å². The zero-order valence-corrected chi connectivity index (χ0v) is 13.9. The van der Waals surface area contributed by atoms with E-state index < -0.39 is 0 Å². The molecule has 6 heteroatoms. The van der Waals surface area contributed by atoms with Crippen molar-refractivity contribution < 1.29 is 4.74 Å². The second kappa shape index (κ2) is 5.84. The van der Waals surface area contributed by atoms with E-state index in [1.165, 1.54) is 6.33 Å². The minimum Gasteiger partial charge on any atom is -0.474 e. The highest BCUT2D eigenvalue weighted by atomic mass is 16.5. The Labute approximate surface area is 149 Å². The molecular formula is C20H16N4O2. The van der Waals surface area contributed by atoms with Crippen molar-refractivity contribution in [2.24, 2.45) is 0 Å². The van der Waals surface area contributed by atoms with Gasteiger partial charge in [-0.2, -0.15) is 0 Å². The van der Waals surface area contributed by atoms with Crippen molar-refractivity contribution >= 4 is 11.0 Å². The molecule has 0 atom stereocenters. The van der Waals surface area contributed by atoms with Gasteiger partial charge in [0.25, 0.3) is 5.56 Å². The first kappa shape index (κ1) is 14.9. The van der Waals surface area contributed by atoms with E-state index in [0.29, 0.717) is 23.0 Å². The first-order chi connectivity index (χ1) is 12.8. The lowest BCUT2D eigenvalue weighted by molar-refractivity contribution is 0.291. The summed E-state index contributed by atoms with van der Waals surface area (Å²) < 4.78 is 7.58. The molecular weight excluding hydrogens is 328 g/mol. The first-order valence-electron chi connectivity index (χ1n) is 8.57. The standard InChI is InChI=1S/C20H16N4O2/c25-20-19-18(22-12-23-20)16(11-24(19)14-4-2-1-3-5-14)13-6-9-17(21-10-13)26-15-7-8-15/h1-6,9-12,15H,7-8H2,(H,22,23,25). The summed E-state index contributed by atoms with van der Waals surface area (Å²) in [5, 5.41) is 0. The summed E-state index contributed by atoms with van der Waals surface area (Å²) in [6, 6.07) is 13.6. The maximum absolute atomic E-state index is 12.4. The van der Waals surface area contributed by atoms with Gasteiger partial charge in [-0.25, -0.2) is 9.97 Å². The molecule has 0 saturated heterocycles. The van der Waals surface area contributed by atoms with Crippen molar-refractivity contribution in [1.82, 2.24) is 19.5 Å². The molecule has 1 aliphatic carbocycles. The van der Waals surface area contributed by atoms with Gasteiger partial charge in [-0.15, -0.1) is 0 Å². The molecule has 0 unspecified atom stereocenters. The molecule has 26 heavy (non-hydrogen) atoms. The molecule has 3 heterocycles. The number of benzene rings is 1. The normalized spacial score (nSPS) is 13.8. The van der Waals surface area contributed by atoms with Gasteiger partial charge in [-0.1, -0.05) is 18.2 Å². The molecule has 1 aromatic carbocycles. The highest BCUT2D eigenvalue weighted by molar-refractivity contribution is 5.93. The molecule has 1 aliphatic rings. The monoisotopic (exact) mass is 344 g/mol. The van der Waals surface area contributed by atoms with Crippen molar-refractivity contribution in [2.75, 3.05) is 0 Å². The molecule has 0 amide bonds. The molecule has 3 aromatic heterocycles. The van der Waals surface area contributed by atoms with Crippen LogP contribution in [0.25, 0.3) is 27.8 Å². The van der Waals surface area contributed by atoms with Crippen LogP contribution >= 0.6 is 0 Å². The third-order valence-electron chi connectivity index (χ3n) is 4.48. The van der Waals surface area contributed by atoms with Gasteiger partial charge in [0.1, 0.15) is 17.1 Å². The van der Waals surface area contributed by atoms with E-state index in [-0.39, 0.29) is 5.56 Å². The Bertz CT molecular complexity index is 1130. The van der Waals surface area contributed by atoms with Gasteiger partial charge in [-0.3, -0.25) is 4.79 Å². The summed E-state index contributed by atoms with van der Waals surface area (Å²) in [5.74, 6) is 0.633. The molecule has 1 N–H and O–H groups in total. The molecule has 4 aromatic rings. The summed E-state index contributed by atoms with van der Waals surface area (Å²) in [5.41, 5.74) is 3.66. The van der Waals surface area contributed by atoms with Crippen LogP contribution in [0.2, 0.25) is 0 Å². The molecule has 0 spiro atoms. The van der Waals surface area contributed by atoms with E-state index in [2.05, 4.69) is 15.0 Å². The van der Waals surface area contributed by atoms with Gasteiger partial charge >= 0.3 is 0 Å². The summed E-state index contributed by atoms with van der Waals surface area (Å²) >= 11 is 0. The lowest BCUT2D eigenvalue weighted by atomic mass is 10.1. The summed E-state index contributed by atoms with van der Waals surface area (Å²) in [4.78, 5) is 23.9. The van der Waals surface area contributed by atoms with Gasteiger partial charge in [-0.05, 0) is 31.0 Å². The molecule has 5 rings (SSSR count). The van der Waals surface area contributed by atoms with Gasteiger partial charge in [0.2, 0.25) is 5.88 Å². The van der Waals surface area contributed by atoms with Crippen LogP contribution in [0.4, 0.5) is 0 Å². The number of hydrogen-bond donors (Lipinski definition) is 1. The third-order valence-corrected chi connectivity index (χ3v) is 4.48. The Kier molecular flexibility index (Phi) is 3.35. The highest BCUT2D eigenvalue weighted by Gasteiger charge is 2.24. The van der Waals surface area contributed by atoms with Crippen LogP contribution in [0.1, 0.15) is 12.8 Å². The van der Waals surface area contributed by atoms with E-state index >= 15 is 0 Å². The van der Waals surface area contributed by atoms with E-state index in [0.717, 1.165) is 29.7 Å². The quantitative estimate of drug-likeness (QED) is 0.616. The fraction of sp³-hybridized carbons (Fsp3) is 0.150. The number of rotatable bonds is 4. The lowest BCUT2D eigenvalue weighted by Crippen LogP contribution is -2.09. The Balaban J connectivity index is 1.66. The van der Waals surface area contributed by atoms with Gasteiger partial charge < -0.3 is 14.3 Å². The van der Waals surface area contributed by atoms with Crippen LogP contribution in [-0.2, 0) is 0 Å². The maximum Gasteiger partial charge on any atom is 0.275 e. The summed E-state index contributed by atoms with van der Waals surface area (Å²) in [6.07, 6.45) is 7.64. The molecule has 0 bridgehead atoms. The van der Waals surface area contributed by atoms with Crippen molar-refractivity contribution in [3.05, 3.63) is 71.5 Å². The van der Waals surface area contributed by atoms with E-state index in [4.69, 9.17) is 4.74 Å². The van der Waals surface area contributed by atoms with Gasteiger partial charge in [0.15, 0.2) is 0 Å². The number of aromatic amines is 1. The number of ether oxygens (including phenoxy) is 1. The Hall–Kier alpha value is -3.41. The number of hydrogen-bond acceptors (Lipinski definition) is 4. The second-order valence-electron chi connectivity index (χ2n) is 6.38. The van der Waals surface area contributed by atoms with Crippen LogP contribution in [0.3, 0.4) is 0 Å². The fourth-order valence-corrected chi connectivity index (χ4v) is 3.04. The zero-order valence-electron chi connectivity index (χ0n) is 13.9. The molecule has 6 nitrogen and oxygen atoms in total. The van der Waals surface area contributed by atoms with Crippen LogP contribution in [-0.4, -0.2) is 25.6 Å². The molecule has 0 radical (unpaired) electrons. The van der Waals surface area contributed by atoms with E-state index in [1.54, 1.807) is 6.20 Å². The number of H-pyrrole nitrogens is 1. The predicted molar refractivity (Wildman–Crippen MR) is 98.6 cm³/mol. The van der Waals surface area contributed by atoms with Crippen LogP contribution in [0.5, 0.6) is 5.88 Å². The minimum absolute atomic E-state index is 0.174. The predicted octanol–water partition coefficient (Wildman–Crippen LogP) is 3.32. The zero-order chi connectivity index (χ0) is 17.5. The highest BCUT2D eigenvalue weighted by Crippen LogP contribution is 2.31. The first-order valence-corrected chi connectivity index (χ1v) is 8.57. The number of pyridine rings is 1. The second-order valence-corrected chi connectivity index (χ2v) is 6.38. The molecule has 1 fully saturated rings. The Morgan fingerprint density at radius 1 is 1.08 bits per heavy atom. The third kappa shape index (κ3) is 2.56. The lowest BCUT2D eigenvalue weighted by Gasteiger charge is -2.04. The molecule has 1 saturated carbocycles. The van der Waals surface area contributed by atoms with Gasteiger partial charge in [0.05, 0.1) is 6.33 Å². The topological polar surface area (TPSA) is 72.8 Å². The van der Waals surface area contributed by atoms with Crippen LogP contribution in [0.15, 0.2) is 66.0 Å². The van der Waals surface area contributed by atoms with E-state index in [1.807, 2.05) is 53.2 Å². The van der Waals surface area contributed by atoms with Crippen LogP contribution < -0.4 is 10.3 Å². The van der Waals surface area contributed by atoms with Crippen molar-refractivity contribution in [1.29, 1.82) is 0 Å². The number of fused-ring (bicyclic) bond motifs is 1. The Morgan fingerprint density at radius 3 is 2.65 bits per heavy atom. The van der Waals surface area contributed by atoms with Gasteiger partial charge in [0, 0.05) is 35.3 Å². The largest absolute Gasteiger partial charge is 0.474 e. The van der Waals surface area contributed by atoms with Crippen molar-refractivity contribution in [3.8, 4) is 22.7 Å². The SMILES string of the molecule is O=c1[nH]cnc2c(-c3ccc(OC4CC4)nc3)cn(-c3ccccc3)c12. The number of aromatic nitrogens is 4. The maximum atomic E-state index is 12.4. The summed E-state index contributed by atoms with van der Waals surface area (Å²) in [7, 11) is 0. The average Bonchev–Trinajstić information content (AvgIpc) is 3.40. The molecule has 128 valence electrons. The van der Waals surface area contributed by atoms with E-state index in [9.17, 15) is 4.79 Å². The Morgan fingerprint density at radius 2 is 1.92 bits per heavy atom. The average molecular weight is 344 g/mol. The number of para-hydroxylation sites is 1. The summed E-state index contributed by atoms with van der Waals surface area (Å²) in [6.45, 7) is 0. The number of nitrogens with one attached hydrogen (secondary N) is 1. The van der Waals surface area contributed by atoms with Crippen molar-refractivity contribution in [2.45, 2.75) is 18.9 Å². The number of nitrogens with zero attached hydrogens (tertiary/aromatic N) is 3. The fourth-order valence-electron chi connectivity index (χ4n) is 3.04. The van der Waals surface area contributed by atoms with Crippen LogP contribution in [0, 0.1) is 0 Å². The minimum atomic E-state index is -0.174. The molecule has 0 aliphatic heterocycles.